The quantitative estimate of drug-likeness (QED) is 0.465. The zero-order valence-corrected chi connectivity index (χ0v) is 19.0. The first-order valence-electron chi connectivity index (χ1n) is 10.5. The molecule has 1 N–H and O–H groups in total. The van der Waals surface area contributed by atoms with Gasteiger partial charge in [0.2, 0.25) is 5.91 Å². The van der Waals surface area contributed by atoms with Crippen molar-refractivity contribution in [3.05, 3.63) is 50.9 Å². The molecule has 1 aliphatic heterocycles. The molecule has 10 heteroatoms. The highest BCUT2D eigenvalue weighted by atomic mass is 32.2. The summed E-state index contributed by atoms with van der Waals surface area (Å²) in [6.45, 7) is 2.92. The van der Waals surface area contributed by atoms with Crippen molar-refractivity contribution in [1.29, 1.82) is 0 Å². The molecule has 0 radical (unpaired) electrons. The highest BCUT2D eigenvalue weighted by Gasteiger charge is 2.28. The van der Waals surface area contributed by atoms with Crippen molar-refractivity contribution in [3.8, 4) is 5.69 Å². The summed E-state index contributed by atoms with van der Waals surface area (Å²) in [5.41, 5.74) is 0.804. The number of para-hydroxylation sites is 1. The number of hydrogen-bond acceptors (Lipinski definition) is 6. The minimum absolute atomic E-state index is 0.0814. The lowest BCUT2D eigenvalue weighted by Gasteiger charge is -2.18. The van der Waals surface area contributed by atoms with Gasteiger partial charge in [0.15, 0.2) is 5.16 Å². The topological polar surface area (TPSA) is 84.3 Å². The Morgan fingerprint density at radius 2 is 2.16 bits per heavy atom. The van der Waals surface area contributed by atoms with Crippen LogP contribution in [-0.4, -0.2) is 45.2 Å². The minimum Gasteiger partial charge on any atom is -0.336 e. The van der Waals surface area contributed by atoms with Crippen LogP contribution in [-0.2, 0) is 17.6 Å². The summed E-state index contributed by atoms with van der Waals surface area (Å²) in [6, 6.07) is 5.63. The summed E-state index contributed by atoms with van der Waals surface area (Å²) in [6.07, 6.45) is 2.71. The molecule has 7 nitrogen and oxygen atoms in total. The third-order valence-corrected chi connectivity index (χ3v) is 7.95. The van der Waals surface area contributed by atoms with Crippen molar-refractivity contribution in [2.24, 2.45) is 5.92 Å². The standard InChI is InChI=1S/C22H21FN4O3S2/c1-12-6-7-13-16(10-12)32-19-18(13)20(29)27(15-5-3-2-4-14(15)23)22(25-19)31-11-17(28)26-9-8-24-21(26)30/h2-5,12H,6-11H2,1H3,(H,24,30). The van der Waals surface area contributed by atoms with Gasteiger partial charge >= 0.3 is 6.03 Å². The fourth-order valence-electron chi connectivity index (χ4n) is 4.23. The minimum atomic E-state index is -0.541. The largest absolute Gasteiger partial charge is 0.336 e. The number of thiophene rings is 1. The predicted octanol–water partition coefficient (Wildman–Crippen LogP) is 3.36. The molecule has 0 bridgehead atoms. The first-order chi connectivity index (χ1) is 15.4. The van der Waals surface area contributed by atoms with Crippen LogP contribution in [0, 0.1) is 11.7 Å². The summed E-state index contributed by atoms with van der Waals surface area (Å²) in [5.74, 6) is -0.455. The zero-order chi connectivity index (χ0) is 22.4. The number of fused-ring (bicyclic) bond motifs is 3. The monoisotopic (exact) mass is 472 g/mol. The van der Waals surface area contributed by atoms with Crippen LogP contribution in [0.4, 0.5) is 9.18 Å². The van der Waals surface area contributed by atoms with Gasteiger partial charge in [-0.25, -0.2) is 14.2 Å². The van der Waals surface area contributed by atoms with Gasteiger partial charge in [-0.05, 0) is 42.9 Å². The fourth-order valence-corrected chi connectivity index (χ4v) is 6.53. The number of nitrogens with one attached hydrogen (secondary N) is 1. The van der Waals surface area contributed by atoms with Crippen molar-refractivity contribution in [3.63, 3.8) is 0 Å². The molecule has 1 unspecified atom stereocenters. The summed E-state index contributed by atoms with van der Waals surface area (Å²) in [7, 11) is 0. The van der Waals surface area contributed by atoms with Crippen LogP contribution >= 0.6 is 23.1 Å². The number of imide groups is 1. The molecule has 0 spiro atoms. The van der Waals surface area contributed by atoms with Crippen LogP contribution in [0.25, 0.3) is 15.9 Å². The predicted molar refractivity (Wildman–Crippen MR) is 122 cm³/mol. The highest BCUT2D eigenvalue weighted by molar-refractivity contribution is 7.99. The molecule has 0 saturated carbocycles. The maximum Gasteiger partial charge on any atom is 0.324 e. The second-order valence-corrected chi connectivity index (χ2v) is 10.1. The van der Waals surface area contributed by atoms with Gasteiger partial charge in [-0.2, -0.15) is 0 Å². The molecule has 2 aromatic heterocycles. The maximum absolute atomic E-state index is 14.7. The molecule has 1 fully saturated rings. The molecule has 3 amide bonds. The molecule has 3 aromatic rings. The van der Waals surface area contributed by atoms with Crippen LogP contribution in [0.2, 0.25) is 0 Å². The molecular weight excluding hydrogens is 451 g/mol. The van der Waals surface area contributed by atoms with Crippen molar-refractivity contribution in [2.45, 2.75) is 31.3 Å². The molecule has 166 valence electrons. The van der Waals surface area contributed by atoms with E-state index in [9.17, 15) is 18.8 Å². The number of hydrogen-bond donors (Lipinski definition) is 1. The van der Waals surface area contributed by atoms with Crippen LogP contribution in [0.3, 0.4) is 0 Å². The van der Waals surface area contributed by atoms with E-state index in [1.165, 1.54) is 28.0 Å². The molecule has 1 saturated heterocycles. The van der Waals surface area contributed by atoms with Gasteiger partial charge < -0.3 is 5.32 Å². The van der Waals surface area contributed by atoms with Crippen LogP contribution in [0.5, 0.6) is 0 Å². The van der Waals surface area contributed by atoms with Gasteiger partial charge in [0.1, 0.15) is 10.6 Å². The highest BCUT2D eigenvalue weighted by Crippen LogP contribution is 2.37. The van der Waals surface area contributed by atoms with E-state index in [0.29, 0.717) is 29.2 Å². The number of urea groups is 1. The van der Waals surface area contributed by atoms with Crippen LogP contribution in [0.1, 0.15) is 23.8 Å². The summed E-state index contributed by atoms with van der Waals surface area (Å²) < 4.78 is 16.0. The normalized spacial score (nSPS) is 18.1. The molecular formula is C22H21FN4O3S2. The molecule has 1 aliphatic carbocycles. The molecule has 3 heterocycles. The first-order valence-corrected chi connectivity index (χ1v) is 12.3. The van der Waals surface area contributed by atoms with Crippen molar-refractivity contribution in [1.82, 2.24) is 19.8 Å². The zero-order valence-electron chi connectivity index (χ0n) is 17.4. The first kappa shape index (κ1) is 21.1. The number of amides is 3. The van der Waals surface area contributed by atoms with E-state index in [2.05, 4.69) is 12.2 Å². The summed E-state index contributed by atoms with van der Waals surface area (Å²) in [5, 5.41) is 3.39. The van der Waals surface area contributed by atoms with E-state index in [0.717, 1.165) is 46.4 Å². The molecule has 32 heavy (non-hydrogen) atoms. The number of carbonyl (C=O) groups excluding carboxylic acids is 2. The third kappa shape index (κ3) is 3.61. The molecule has 1 aromatic carbocycles. The Balaban J connectivity index is 1.61. The number of aromatic nitrogens is 2. The molecule has 2 aliphatic rings. The Morgan fingerprint density at radius 1 is 1.34 bits per heavy atom. The number of nitrogens with zero attached hydrogens (tertiary/aromatic N) is 3. The van der Waals surface area contributed by atoms with Crippen molar-refractivity contribution < 1.29 is 14.0 Å². The Kier molecular flexibility index (Phi) is 5.50. The lowest BCUT2D eigenvalue weighted by Crippen LogP contribution is -2.35. The number of rotatable bonds is 4. The Labute approximate surface area is 191 Å². The molecule has 5 rings (SSSR count). The Morgan fingerprint density at radius 3 is 2.91 bits per heavy atom. The van der Waals surface area contributed by atoms with Gasteiger partial charge in [-0.1, -0.05) is 30.8 Å². The van der Waals surface area contributed by atoms with Crippen LogP contribution in [0.15, 0.2) is 34.2 Å². The van der Waals surface area contributed by atoms with E-state index in [1.807, 2.05) is 0 Å². The lowest BCUT2D eigenvalue weighted by atomic mass is 9.89. The third-order valence-electron chi connectivity index (χ3n) is 5.87. The second-order valence-electron chi connectivity index (χ2n) is 8.08. The van der Waals surface area contributed by atoms with E-state index in [4.69, 9.17) is 4.98 Å². The summed E-state index contributed by atoms with van der Waals surface area (Å²) >= 11 is 2.55. The maximum atomic E-state index is 14.7. The average Bonchev–Trinajstić information content (AvgIpc) is 3.35. The number of benzene rings is 1. The molecule has 1 atom stereocenters. The van der Waals surface area contributed by atoms with Gasteiger partial charge in [0.05, 0.1) is 16.8 Å². The van der Waals surface area contributed by atoms with E-state index in [-0.39, 0.29) is 28.1 Å². The SMILES string of the molecule is CC1CCc2c(sc3nc(SCC(=O)N4CCNC4=O)n(-c4ccccc4F)c(=O)c23)C1. The van der Waals surface area contributed by atoms with Gasteiger partial charge in [0, 0.05) is 18.0 Å². The second kappa shape index (κ2) is 8.32. The van der Waals surface area contributed by atoms with Gasteiger partial charge in [0.25, 0.3) is 5.56 Å². The number of halogens is 1. The number of thioether (sulfide) groups is 1. The van der Waals surface area contributed by atoms with Crippen molar-refractivity contribution >= 4 is 45.3 Å². The van der Waals surface area contributed by atoms with Gasteiger partial charge in [-0.3, -0.25) is 19.1 Å². The average molecular weight is 473 g/mol. The summed E-state index contributed by atoms with van der Waals surface area (Å²) in [4.78, 5) is 45.6. The van der Waals surface area contributed by atoms with Crippen molar-refractivity contribution in [2.75, 3.05) is 18.8 Å². The fraction of sp³-hybridized carbons (Fsp3) is 0.364. The number of aryl methyl sites for hydroxylation is 1. The van der Waals surface area contributed by atoms with E-state index in [1.54, 1.807) is 12.1 Å². The Hall–Kier alpha value is -2.72. The van der Waals surface area contributed by atoms with E-state index >= 15 is 0 Å². The smallest absolute Gasteiger partial charge is 0.324 e. The van der Waals surface area contributed by atoms with Gasteiger partial charge in [-0.15, -0.1) is 11.3 Å². The number of carbonyl (C=O) groups is 2. The lowest BCUT2D eigenvalue weighted by molar-refractivity contribution is -0.124. The van der Waals surface area contributed by atoms with Crippen LogP contribution < -0.4 is 10.9 Å². The van der Waals surface area contributed by atoms with E-state index < -0.39 is 11.8 Å². The Bertz CT molecular complexity index is 1300.